The van der Waals surface area contributed by atoms with Gasteiger partial charge < -0.3 is 5.73 Å². The lowest BCUT2D eigenvalue weighted by Gasteiger charge is -2.28. The fraction of sp³-hybridized carbons (Fsp3) is 0.786. The van der Waals surface area contributed by atoms with Crippen LogP contribution in [0.5, 0.6) is 0 Å². The molecule has 1 aromatic heterocycles. The van der Waals surface area contributed by atoms with Crippen molar-refractivity contribution in [1.82, 2.24) is 9.78 Å². The number of aryl methyl sites for hydroxylation is 2. The van der Waals surface area contributed by atoms with Crippen LogP contribution in [0.2, 0.25) is 0 Å². The van der Waals surface area contributed by atoms with Crippen molar-refractivity contribution < 1.29 is 0 Å². The molecular formula is C14H24BrN3. The van der Waals surface area contributed by atoms with Gasteiger partial charge in [-0.05, 0) is 66.4 Å². The fourth-order valence-electron chi connectivity index (χ4n) is 2.73. The van der Waals surface area contributed by atoms with Crippen LogP contribution < -0.4 is 5.73 Å². The van der Waals surface area contributed by atoms with Gasteiger partial charge in [0.15, 0.2) is 0 Å². The Kier molecular flexibility index (Phi) is 4.17. The van der Waals surface area contributed by atoms with E-state index in [1.807, 2.05) is 0 Å². The van der Waals surface area contributed by atoms with Crippen molar-refractivity contribution in [2.24, 2.45) is 17.1 Å². The molecule has 1 heterocycles. The standard InChI is InChI=1S/C14H24BrN3/c1-4-11-13(15)12(18(5-2)17-11)8-14(3,9-16)10-6-7-10/h10H,4-9,16H2,1-3H3. The number of hydrogen-bond donors (Lipinski definition) is 1. The molecule has 2 N–H and O–H groups in total. The highest BCUT2D eigenvalue weighted by Crippen LogP contribution is 2.47. The van der Waals surface area contributed by atoms with Crippen molar-refractivity contribution in [1.29, 1.82) is 0 Å². The Hall–Kier alpha value is -0.350. The molecule has 0 bridgehead atoms. The van der Waals surface area contributed by atoms with Crippen molar-refractivity contribution >= 4 is 15.9 Å². The third-order valence-electron chi connectivity index (χ3n) is 4.29. The van der Waals surface area contributed by atoms with E-state index >= 15 is 0 Å². The molecule has 1 aromatic rings. The van der Waals surface area contributed by atoms with Gasteiger partial charge in [-0.1, -0.05) is 13.8 Å². The number of hydrogen-bond acceptors (Lipinski definition) is 2. The second-order valence-corrected chi connectivity index (χ2v) is 6.48. The summed E-state index contributed by atoms with van der Waals surface area (Å²) in [6.45, 7) is 8.33. The lowest BCUT2D eigenvalue weighted by Crippen LogP contribution is -2.32. The molecule has 0 saturated heterocycles. The molecule has 1 unspecified atom stereocenters. The van der Waals surface area contributed by atoms with Crippen molar-refractivity contribution in [3.63, 3.8) is 0 Å². The first-order valence-electron chi connectivity index (χ1n) is 6.99. The minimum Gasteiger partial charge on any atom is -0.330 e. The highest BCUT2D eigenvalue weighted by molar-refractivity contribution is 9.10. The van der Waals surface area contributed by atoms with Crippen molar-refractivity contribution in [3.8, 4) is 0 Å². The van der Waals surface area contributed by atoms with Crippen LogP contribution in [0, 0.1) is 11.3 Å². The average Bonchev–Trinajstić information content (AvgIpc) is 3.18. The Balaban J connectivity index is 2.29. The van der Waals surface area contributed by atoms with Gasteiger partial charge in [-0.3, -0.25) is 4.68 Å². The molecule has 4 heteroatoms. The van der Waals surface area contributed by atoms with E-state index in [1.165, 1.54) is 28.7 Å². The molecule has 1 aliphatic rings. The molecule has 0 aromatic carbocycles. The largest absolute Gasteiger partial charge is 0.330 e. The maximum absolute atomic E-state index is 6.03. The number of halogens is 1. The Labute approximate surface area is 118 Å². The monoisotopic (exact) mass is 313 g/mol. The van der Waals surface area contributed by atoms with Gasteiger partial charge in [0.2, 0.25) is 0 Å². The van der Waals surface area contributed by atoms with Crippen LogP contribution in [-0.2, 0) is 19.4 Å². The number of nitrogens with zero attached hydrogens (tertiary/aromatic N) is 2. The summed E-state index contributed by atoms with van der Waals surface area (Å²) in [5.41, 5.74) is 8.76. The molecule has 0 amide bonds. The summed E-state index contributed by atoms with van der Waals surface area (Å²) in [7, 11) is 0. The predicted octanol–water partition coefficient (Wildman–Crippen LogP) is 3.15. The highest BCUT2D eigenvalue weighted by atomic mass is 79.9. The first-order chi connectivity index (χ1) is 8.55. The molecule has 0 spiro atoms. The lowest BCUT2D eigenvalue weighted by molar-refractivity contribution is 0.273. The highest BCUT2D eigenvalue weighted by Gasteiger charge is 2.41. The minimum absolute atomic E-state index is 0.237. The van der Waals surface area contributed by atoms with Crippen LogP contribution in [0.1, 0.15) is 45.0 Å². The molecular weight excluding hydrogens is 290 g/mol. The van der Waals surface area contributed by atoms with Crippen LogP contribution >= 0.6 is 15.9 Å². The molecule has 1 aliphatic carbocycles. The van der Waals surface area contributed by atoms with Crippen molar-refractivity contribution in [3.05, 3.63) is 15.9 Å². The normalized spacial score (nSPS) is 18.9. The van der Waals surface area contributed by atoms with E-state index in [4.69, 9.17) is 5.73 Å². The number of nitrogens with two attached hydrogens (primary N) is 1. The van der Waals surface area contributed by atoms with Gasteiger partial charge >= 0.3 is 0 Å². The zero-order valence-corrected chi connectivity index (χ0v) is 13.3. The Morgan fingerprint density at radius 2 is 2.11 bits per heavy atom. The van der Waals surface area contributed by atoms with Gasteiger partial charge in [0.05, 0.1) is 15.9 Å². The number of rotatable bonds is 6. The summed E-state index contributed by atoms with van der Waals surface area (Å²) >= 11 is 3.73. The zero-order valence-electron chi connectivity index (χ0n) is 11.7. The molecule has 3 nitrogen and oxygen atoms in total. The molecule has 18 heavy (non-hydrogen) atoms. The van der Waals surface area contributed by atoms with Gasteiger partial charge in [-0.15, -0.1) is 0 Å². The summed E-state index contributed by atoms with van der Waals surface area (Å²) in [6, 6.07) is 0. The SMILES string of the molecule is CCc1nn(CC)c(CC(C)(CN)C2CC2)c1Br. The minimum atomic E-state index is 0.237. The van der Waals surface area contributed by atoms with E-state index in [-0.39, 0.29) is 5.41 Å². The van der Waals surface area contributed by atoms with Crippen molar-refractivity contribution in [2.45, 2.75) is 53.0 Å². The number of aromatic nitrogens is 2. The Morgan fingerprint density at radius 3 is 2.56 bits per heavy atom. The van der Waals surface area contributed by atoms with Gasteiger partial charge in [-0.25, -0.2) is 0 Å². The molecule has 0 radical (unpaired) electrons. The van der Waals surface area contributed by atoms with E-state index in [2.05, 4.69) is 46.5 Å². The molecule has 1 fully saturated rings. The first kappa shape index (κ1) is 14.1. The quantitative estimate of drug-likeness (QED) is 0.876. The third kappa shape index (κ3) is 2.50. The van der Waals surface area contributed by atoms with E-state index in [0.717, 1.165) is 31.8 Å². The third-order valence-corrected chi connectivity index (χ3v) is 5.21. The summed E-state index contributed by atoms with van der Waals surface area (Å²) in [5, 5.41) is 4.67. The van der Waals surface area contributed by atoms with E-state index < -0.39 is 0 Å². The molecule has 0 aliphatic heterocycles. The van der Waals surface area contributed by atoms with Gasteiger partial charge in [0.25, 0.3) is 0 Å². The molecule has 2 rings (SSSR count). The van der Waals surface area contributed by atoms with Gasteiger partial charge in [0, 0.05) is 6.54 Å². The lowest BCUT2D eigenvalue weighted by atomic mass is 9.80. The van der Waals surface area contributed by atoms with Crippen LogP contribution in [0.4, 0.5) is 0 Å². The van der Waals surface area contributed by atoms with Gasteiger partial charge in [0.1, 0.15) is 0 Å². The summed E-state index contributed by atoms with van der Waals surface area (Å²) < 4.78 is 3.34. The topological polar surface area (TPSA) is 43.8 Å². The van der Waals surface area contributed by atoms with Crippen LogP contribution in [0.25, 0.3) is 0 Å². The second kappa shape index (κ2) is 5.33. The average molecular weight is 314 g/mol. The summed E-state index contributed by atoms with van der Waals surface area (Å²) in [5.74, 6) is 0.805. The molecule has 1 atom stereocenters. The van der Waals surface area contributed by atoms with Crippen LogP contribution in [0.3, 0.4) is 0 Å². The second-order valence-electron chi connectivity index (χ2n) is 5.69. The fourth-order valence-corrected chi connectivity index (χ4v) is 3.44. The predicted molar refractivity (Wildman–Crippen MR) is 78.6 cm³/mol. The van der Waals surface area contributed by atoms with Crippen molar-refractivity contribution in [2.75, 3.05) is 6.54 Å². The smallest absolute Gasteiger partial charge is 0.0766 e. The maximum Gasteiger partial charge on any atom is 0.0766 e. The maximum atomic E-state index is 6.03. The Morgan fingerprint density at radius 1 is 1.44 bits per heavy atom. The summed E-state index contributed by atoms with van der Waals surface area (Å²) in [6.07, 6.45) is 4.69. The van der Waals surface area contributed by atoms with Crippen LogP contribution in [0.15, 0.2) is 4.47 Å². The molecule has 102 valence electrons. The zero-order chi connectivity index (χ0) is 13.3. The molecule has 1 saturated carbocycles. The first-order valence-corrected chi connectivity index (χ1v) is 7.79. The van der Waals surface area contributed by atoms with Crippen LogP contribution in [-0.4, -0.2) is 16.3 Å². The van der Waals surface area contributed by atoms with E-state index in [1.54, 1.807) is 0 Å². The Bertz CT molecular complexity index is 423. The van der Waals surface area contributed by atoms with Gasteiger partial charge in [-0.2, -0.15) is 5.10 Å². The van der Waals surface area contributed by atoms with E-state index in [9.17, 15) is 0 Å². The van der Waals surface area contributed by atoms with E-state index in [0.29, 0.717) is 0 Å². The summed E-state index contributed by atoms with van der Waals surface area (Å²) in [4.78, 5) is 0.